The normalized spacial score (nSPS) is 21.5. The summed E-state index contributed by atoms with van der Waals surface area (Å²) < 4.78 is 16.0. The number of ether oxygens (including phenoxy) is 3. The minimum atomic E-state index is -0.113. The van der Waals surface area contributed by atoms with Gasteiger partial charge in [0.1, 0.15) is 13.2 Å². The Kier molecular flexibility index (Phi) is 4.41. The fourth-order valence-corrected chi connectivity index (χ4v) is 3.29. The van der Waals surface area contributed by atoms with E-state index in [2.05, 4.69) is 17.0 Å². The average molecular weight is 305 g/mol. The number of anilines is 1. The minimum Gasteiger partial charge on any atom is -0.486 e. The summed E-state index contributed by atoms with van der Waals surface area (Å²) in [7, 11) is 1.45. The first-order chi connectivity index (χ1) is 10.7. The van der Waals surface area contributed by atoms with Crippen molar-refractivity contribution in [1.29, 1.82) is 0 Å². The van der Waals surface area contributed by atoms with Gasteiger partial charge in [-0.1, -0.05) is 6.92 Å². The monoisotopic (exact) mass is 305 g/mol. The molecule has 1 saturated heterocycles. The quantitative estimate of drug-likeness (QED) is 0.800. The summed E-state index contributed by atoms with van der Waals surface area (Å²) in [6.07, 6.45) is 1.99. The zero-order valence-corrected chi connectivity index (χ0v) is 13.2. The SMILES string of the molecule is COC(=O)C(C)CC1CCN(c2ccc3c(c2)OCCO3)C1. The molecule has 1 aromatic rings. The van der Waals surface area contributed by atoms with Crippen LogP contribution in [-0.2, 0) is 9.53 Å². The van der Waals surface area contributed by atoms with Gasteiger partial charge in [-0.15, -0.1) is 0 Å². The van der Waals surface area contributed by atoms with Gasteiger partial charge < -0.3 is 19.1 Å². The van der Waals surface area contributed by atoms with E-state index in [4.69, 9.17) is 14.2 Å². The van der Waals surface area contributed by atoms with Crippen LogP contribution in [0.4, 0.5) is 5.69 Å². The van der Waals surface area contributed by atoms with Crippen LogP contribution in [0.5, 0.6) is 11.5 Å². The maximum absolute atomic E-state index is 11.5. The number of rotatable bonds is 4. The van der Waals surface area contributed by atoms with Crippen molar-refractivity contribution in [1.82, 2.24) is 0 Å². The van der Waals surface area contributed by atoms with Gasteiger partial charge in [0.15, 0.2) is 11.5 Å². The van der Waals surface area contributed by atoms with Gasteiger partial charge in [0.05, 0.1) is 13.0 Å². The van der Waals surface area contributed by atoms with Crippen LogP contribution in [0.3, 0.4) is 0 Å². The molecule has 2 atom stereocenters. The van der Waals surface area contributed by atoms with Crippen molar-refractivity contribution in [2.45, 2.75) is 19.8 Å². The number of fused-ring (bicyclic) bond motifs is 1. The van der Waals surface area contributed by atoms with Crippen molar-refractivity contribution in [2.75, 3.05) is 38.3 Å². The van der Waals surface area contributed by atoms with Crippen LogP contribution in [0.25, 0.3) is 0 Å². The molecule has 0 aromatic heterocycles. The van der Waals surface area contributed by atoms with E-state index in [9.17, 15) is 4.79 Å². The standard InChI is InChI=1S/C17H23NO4/c1-12(17(19)20-2)9-13-5-6-18(11-13)14-3-4-15-16(10-14)22-8-7-21-15/h3-4,10,12-13H,5-9,11H2,1-2H3. The Labute approximate surface area is 131 Å². The van der Waals surface area contributed by atoms with Crippen molar-refractivity contribution in [3.05, 3.63) is 18.2 Å². The molecule has 2 heterocycles. The number of carbonyl (C=O) groups is 1. The van der Waals surface area contributed by atoms with Crippen LogP contribution in [0.1, 0.15) is 19.8 Å². The second-order valence-corrected chi connectivity index (χ2v) is 6.09. The lowest BCUT2D eigenvalue weighted by atomic mass is 9.95. The molecule has 3 rings (SSSR count). The number of methoxy groups -OCH3 is 1. The summed E-state index contributed by atoms with van der Waals surface area (Å²) in [5.74, 6) is 2.04. The summed E-state index contributed by atoms with van der Waals surface area (Å²) in [5, 5.41) is 0. The Morgan fingerprint density at radius 1 is 1.36 bits per heavy atom. The average Bonchev–Trinajstić information content (AvgIpc) is 3.02. The van der Waals surface area contributed by atoms with E-state index in [1.165, 1.54) is 7.11 Å². The van der Waals surface area contributed by atoms with Crippen LogP contribution in [-0.4, -0.2) is 39.4 Å². The molecule has 0 radical (unpaired) electrons. The van der Waals surface area contributed by atoms with Crippen LogP contribution >= 0.6 is 0 Å². The lowest BCUT2D eigenvalue weighted by Crippen LogP contribution is -2.22. The van der Waals surface area contributed by atoms with E-state index in [1.54, 1.807) is 0 Å². The molecule has 5 heteroatoms. The molecule has 2 unspecified atom stereocenters. The molecule has 0 N–H and O–H groups in total. The Hall–Kier alpha value is -1.91. The van der Waals surface area contributed by atoms with Gasteiger partial charge in [-0.25, -0.2) is 0 Å². The first-order valence-corrected chi connectivity index (χ1v) is 7.90. The van der Waals surface area contributed by atoms with Gasteiger partial charge in [-0.05, 0) is 30.9 Å². The maximum Gasteiger partial charge on any atom is 0.308 e. The van der Waals surface area contributed by atoms with Gasteiger partial charge in [0.25, 0.3) is 0 Å². The van der Waals surface area contributed by atoms with E-state index in [0.29, 0.717) is 19.1 Å². The Morgan fingerprint density at radius 2 is 2.14 bits per heavy atom. The van der Waals surface area contributed by atoms with Gasteiger partial charge >= 0.3 is 5.97 Å². The minimum absolute atomic E-state index is 0.0322. The van der Waals surface area contributed by atoms with Crippen molar-refractivity contribution >= 4 is 11.7 Å². The zero-order valence-electron chi connectivity index (χ0n) is 13.2. The molecule has 5 nitrogen and oxygen atoms in total. The van der Waals surface area contributed by atoms with Crippen molar-refractivity contribution in [3.63, 3.8) is 0 Å². The summed E-state index contributed by atoms with van der Waals surface area (Å²) in [4.78, 5) is 13.9. The van der Waals surface area contributed by atoms with Crippen molar-refractivity contribution in [3.8, 4) is 11.5 Å². The second-order valence-electron chi connectivity index (χ2n) is 6.09. The fraction of sp³-hybridized carbons (Fsp3) is 0.588. The van der Waals surface area contributed by atoms with E-state index >= 15 is 0 Å². The van der Waals surface area contributed by atoms with Crippen molar-refractivity contribution in [2.24, 2.45) is 11.8 Å². The molecule has 120 valence electrons. The van der Waals surface area contributed by atoms with Gasteiger partial charge in [-0.2, -0.15) is 0 Å². The number of esters is 1. The lowest BCUT2D eigenvalue weighted by Gasteiger charge is -2.23. The lowest BCUT2D eigenvalue weighted by molar-refractivity contribution is -0.145. The smallest absolute Gasteiger partial charge is 0.308 e. The summed E-state index contributed by atoms with van der Waals surface area (Å²) in [6.45, 7) is 5.15. The van der Waals surface area contributed by atoms with Crippen molar-refractivity contribution < 1.29 is 19.0 Å². The molecule has 0 saturated carbocycles. The molecule has 0 spiro atoms. The van der Waals surface area contributed by atoms with Crippen LogP contribution in [0, 0.1) is 11.8 Å². The number of hydrogen-bond donors (Lipinski definition) is 0. The molecule has 0 amide bonds. The summed E-state index contributed by atoms with van der Waals surface area (Å²) >= 11 is 0. The number of nitrogens with zero attached hydrogens (tertiary/aromatic N) is 1. The highest BCUT2D eigenvalue weighted by atomic mass is 16.6. The number of benzene rings is 1. The molecule has 1 aromatic carbocycles. The Bertz CT molecular complexity index is 545. The van der Waals surface area contributed by atoms with E-state index in [1.807, 2.05) is 13.0 Å². The fourth-order valence-electron chi connectivity index (χ4n) is 3.29. The molecule has 0 aliphatic carbocycles. The van der Waals surface area contributed by atoms with Gasteiger partial charge in [0, 0.05) is 24.8 Å². The first-order valence-electron chi connectivity index (χ1n) is 7.90. The van der Waals surface area contributed by atoms with Crippen LogP contribution in [0.15, 0.2) is 18.2 Å². The molecule has 0 bridgehead atoms. The van der Waals surface area contributed by atoms with E-state index in [0.717, 1.165) is 43.1 Å². The second kappa shape index (κ2) is 6.46. The molecular weight excluding hydrogens is 282 g/mol. The topological polar surface area (TPSA) is 48.0 Å². The molecule has 1 fully saturated rings. The Morgan fingerprint density at radius 3 is 2.91 bits per heavy atom. The first kappa shape index (κ1) is 15.0. The summed E-state index contributed by atoms with van der Waals surface area (Å²) in [5.41, 5.74) is 1.16. The predicted octanol–water partition coefficient (Wildman–Crippen LogP) is 2.48. The maximum atomic E-state index is 11.5. The highest BCUT2D eigenvalue weighted by Gasteiger charge is 2.27. The summed E-state index contributed by atoms with van der Waals surface area (Å²) in [6, 6.07) is 6.12. The number of hydrogen-bond acceptors (Lipinski definition) is 5. The third kappa shape index (κ3) is 3.13. The molecule has 22 heavy (non-hydrogen) atoms. The van der Waals surface area contributed by atoms with Crippen LogP contribution < -0.4 is 14.4 Å². The highest BCUT2D eigenvalue weighted by Crippen LogP contribution is 2.36. The third-order valence-electron chi connectivity index (χ3n) is 4.47. The third-order valence-corrected chi connectivity index (χ3v) is 4.47. The largest absolute Gasteiger partial charge is 0.486 e. The van der Waals surface area contributed by atoms with Gasteiger partial charge in [-0.3, -0.25) is 4.79 Å². The van der Waals surface area contributed by atoms with Crippen LogP contribution in [0.2, 0.25) is 0 Å². The predicted molar refractivity (Wildman–Crippen MR) is 83.5 cm³/mol. The number of carbonyl (C=O) groups excluding carboxylic acids is 1. The molecule has 2 aliphatic rings. The Balaban J connectivity index is 1.61. The van der Waals surface area contributed by atoms with E-state index < -0.39 is 0 Å². The molecular formula is C17H23NO4. The molecule has 2 aliphatic heterocycles. The van der Waals surface area contributed by atoms with Gasteiger partial charge in [0.2, 0.25) is 0 Å². The van der Waals surface area contributed by atoms with E-state index in [-0.39, 0.29) is 11.9 Å². The zero-order chi connectivity index (χ0) is 15.5. The highest BCUT2D eigenvalue weighted by molar-refractivity contribution is 5.71.